The normalized spacial score (nSPS) is 27.5. The number of aliphatic hydroxyl groups excluding tert-OH is 1. The van der Waals surface area contributed by atoms with Gasteiger partial charge in [0.15, 0.2) is 0 Å². The van der Waals surface area contributed by atoms with E-state index in [9.17, 15) is 13.5 Å². The first-order valence-electron chi connectivity index (χ1n) is 7.72. The molecule has 1 aromatic rings. The second kappa shape index (κ2) is 5.99. The molecule has 1 aliphatic heterocycles. The Morgan fingerprint density at radius 3 is 2.67 bits per heavy atom. The number of sulfonamides is 1. The number of aryl methyl sites for hydroxylation is 1. The smallest absolute Gasteiger partial charge is 0.244 e. The third kappa shape index (κ3) is 2.91. The summed E-state index contributed by atoms with van der Waals surface area (Å²) in [5.74, 6) is 1.26. The van der Waals surface area contributed by atoms with Crippen LogP contribution in [-0.4, -0.2) is 30.9 Å². The first-order valence-corrected chi connectivity index (χ1v) is 9.98. The minimum absolute atomic E-state index is 0.0915. The van der Waals surface area contributed by atoms with Gasteiger partial charge < -0.3 is 5.11 Å². The van der Waals surface area contributed by atoms with Gasteiger partial charge in [-0.1, -0.05) is 19.3 Å². The van der Waals surface area contributed by atoms with Gasteiger partial charge in [-0.25, -0.2) is 8.42 Å². The van der Waals surface area contributed by atoms with Crippen LogP contribution in [-0.2, 0) is 16.6 Å². The van der Waals surface area contributed by atoms with Crippen LogP contribution in [0.4, 0.5) is 0 Å². The molecule has 6 heteroatoms. The molecule has 21 heavy (non-hydrogen) atoms. The topological polar surface area (TPSA) is 57.6 Å². The molecule has 2 heterocycles. The number of fused-ring (bicyclic) bond motifs is 1. The molecule has 1 aliphatic carbocycles. The molecule has 0 radical (unpaired) electrons. The molecule has 0 spiro atoms. The van der Waals surface area contributed by atoms with Crippen LogP contribution < -0.4 is 0 Å². The molecule has 2 fully saturated rings. The van der Waals surface area contributed by atoms with E-state index < -0.39 is 10.0 Å². The molecular formula is C15H23NO3S2. The molecule has 118 valence electrons. The van der Waals surface area contributed by atoms with E-state index >= 15 is 0 Å². The summed E-state index contributed by atoms with van der Waals surface area (Å²) >= 11 is 1.37. The number of hydrogen-bond acceptors (Lipinski definition) is 4. The molecule has 1 N–H and O–H groups in total. The number of nitrogens with zero attached hydrogens (tertiary/aromatic N) is 1. The van der Waals surface area contributed by atoms with Gasteiger partial charge in [0.25, 0.3) is 0 Å². The summed E-state index contributed by atoms with van der Waals surface area (Å²) < 4.78 is 27.4. The van der Waals surface area contributed by atoms with Crippen LogP contribution in [0.25, 0.3) is 0 Å². The predicted molar refractivity (Wildman–Crippen MR) is 83.8 cm³/mol. The van der Waals surface area contributed by atoms with Gasteiger partial charge in [0.2, 0.25) is 10.0 Å². The second-order valence-electron chi connectivity index (χ2n) is 6.25. The monoisotopic (exact) mass is 329 g/mol. The number of aliphatic hydroxyl groups is 1. The van der Waals surface area contributed by atoms with Crippen LogP contribution in [0.3, 0.4) is 0 Å². The van der Waals surface area contributed by atoms with Gasteiger partial charge in [0, 0.05) is 22.8 Å². The summed E-state index contributed by atoms with van der Waals surface area (Å²) in [6, 6.07) is 1.64. The van der Waals surface area contributed by atoms with Crippen molar-refractivity contribution < 1.29 is 13.5 Å². The Labute approximate surface area is 130 Å². The lowest BCUT2D eigenvalue weighted by atomic mass is 9.76. The van der Waals surface area contributed by atoms with Gasteiger partial charge in [0.05, 0.1) is 11.5 Å². The van der Waals surface area contributed by atoms with Crippen molar-refractivity contribution in [3.05, 3.63) is 15.8 Å². The summed E-state index contributed by atoms with van der Waals surface area (Å²) in [6.45, 7) is 3.06. The fourth-order valence-electron chi connectivity index (χ4n) is 3.78. The summed E-state index contributed by atoms with van der Waals surface area (Å²) in [4.78, 5) is 1.90. The van der Waals surface area contributed by atoms with Crippen molar-refractivity contribution in [2.45, 2.75) is 50.5 Å². The van der Waals surface area contributed by atoms with E-state index in [4.69, 9.17) is 0 Å². The zero-order valence-corrected chi connectivity index (χ0v) is 14.0. The fraction of sp³-hybridized carbons (Fsp3) is 0.733. The Balaban J connectivity index is 1.83. The van der Waals surface area contributed by atoms with Gasteiger partial charge in [-0.05, 0) is 37.7 Å². The number of thiophene rings is 1. The quantitative estimate of drug-likeness (QED) is 0.927. The highest BCUT2D eigenvalue weighted by atomic mass is 32.2. The van der Waals surface area contributed by atoms with E-state index in [2.05, 4.69) is 0 Å². The third-order valence-corrected chi connectivity index (χ3v) is 8.11. The molecular weight excluding hydrogens is 306 g/mol. The zero-order chi connectivity index (χ0) is 15.0. The Kier molecular flexibility index (Phi) is 4.41. The van der Waals surface area contributed by atoms with E-state index in [0.717, 1.165) is 22.1 Å². The van der Waals surface area contributed by atoms with E-state index in [0.29, 0.717) is 23.9 Å². The Morgan fingerprint density at radius 1 is 1.29 bits per heavy atom. The van der Waals surface area contributed by atoms with Gasteiger partial charge >= 0.3 is 0 Å². The van der Waals surface area contributed by atoms with E-state index in [1.54, 1.807) is 10.4 Å². The molecule has 4 nitrogen and oxygen atoms in total. The lowest BCUT2D eigenvalue weighted by Gasteiger charge is -2.40. The molecule has 0 bridgehead atoms. The van der Waals surface area contributed by atoms with Crippen molar-refractivity contribution in [1.82, 2.24) is 4.31 Å². The van der Waals surface area contributed by atoms with Gasteiger partial charge in [-0.15, -0.1) is 11.3 Å². The van der Waals surface area contributed by atoms with Crippen molar-refractivity contribution >= 4 is 21.4 Å². The average molecular weight is 329 g/mol. The highest BCUT2D eigenvalue weighted by Crippen LogP contribution is 2.38. The third-order valence-electron chi connectivity index (χ3n) is 4.95. The number of piperidine rings is 1. The van der Waals surface area contributed by atoms with E-state index in [1.165, 1.54) is 37.0 Å². The maximum absolute atomic E-state index is 12.9. The van der Waals surface area contributed by atoms with Crippen LogP contribution in [0.1, 0.15) is 41.9 Å². The summed E-state index contributed by atoms with van der Waals surface area (Å²) in [5.41, 5.74) is 0. The maximum Gasteiger partial charge on any atom is 0.244 e. The Morgan fingerprint density at radius 2 is 2.00 bits per heavy atom. The second-order valence-corrected chi connectivity index (χ2v) is 9.49. The summed E-state index contributed by atoms with van der Waals surface area (Å²) in [6.07, 6.45) is 5.98. The molecule has 3 rings (SSSR count). The molecule has 1 saturated carbocycles. The average Bonchev–Trinajstić information content (AvgIpc) is 2.88. The zero-order valence-electron chi connectivity index (χ0n) is 12.4. The van der Waals surface area contributed by atoms with E-state index in [1.807, 2.05) is 6.92 Å². The Bertz CT molecular complexity index is 608. The van der Waals surface area contributed by atoms with Crippen LogP contribution in [0.2, 0.25) is 0 Å². The first-order chi connectivity index (χ1) is 10.0. The maximum atomic E-state index is 12.9. The summed E-state index contributed by atoms with van der Waals surface area (Å²) in [7, 11) is -3.40. The van der Waals surface area contributed by atoms with Gasteiger partial charge in [0.1, 0.15) is 0 Å². The Hall–Kier alpha value is -0.430. The van der Waals surface area contributed by atoms with Crippen molar-refractivity contribution in [3.8, 4) is 0 Å². The molecule has 1 aromatic heterocycles. The van der Waals surface area contributed by atoms with Crippen molar-refractivity contribution in [2.75, 3.05) is 13.1 Å². The summed E-state index contributed by atoms with van der Waals surface area (Å²) in [5, 5.41) is 9.21. The SMILES string of the molecule is Cc1sc(CO)cc1S(=O)(=O)N1CCC2CCCCC2C1. The molecule has 0 amide bonds. The lowest BCUT2D eigenvalue weighted by Crippen LogP contribution is -2.44. The van der Waals surface area contributed by atoms with Crippen LogP contribution in [0.5, 0.6) is 0 Å². The molecule has 2 unspecified atom stereocenters. The van der Waals surface area contributed by atoms with Crippen molar-refractivity contribution in [3.63, 3.8) is 0 Å². The number of hydrogen-bond donors (Lipinski definition) is 1. The molecule has 1 saturated heterocycles. The van der Waals surface area contributed by atoms with Crippen molar-refractivity contribution in [1.29, 1.82) is 0 Å². The minimum atomic E-state index is -3.40. The van der Waals surface area contributed by atoms with Crippen molar-refractivity contribution in [2.24, 2.45) is 11.8 Å². The number of rotatable bonds is 3. The van der Waals surface area contributed by atoms with Crippen LogP contribution in [0.15, 0.2) is 11.0 Å². The highest BCUT2D eigenvalue weighted by molar-refractivity contribution is 7.89. The molecule has 2 atom stereocenters. The highest BCUT2D eigenvalue weighted by Gasteiger charge is 2.37. The largest absolute Gasteiger partial charge is 0.391 e. The first kappa shape index (κ1) is 15.5. The van der Waals surface area contributed by atoms with Crippen LogP contribution >= 0.6 is 11.3 Å². The van der Waals surface area contributed by atoms with E-state index in [-0.39, 0.29) is 6.61 Å². The lowest BCUT2D eigenvalue weighted by molar-refractivity contribution is 0.136. The standard InChI is InChI=1S/C15H23NO3S2/c1-11-15(8-14(10-17)20-11)21(18,19)16-7-6-12-4-2-3-5-13(12)9-16/h8,12-13,17H,2-7,9-10H2,1H3. The van der Waals surface area contributed by atoms with Crippen LogP contribution in [0, 0.1) is 18.8 Å². The van der Waals surface area contributed by atoms with Gasteiger partial charge in [-0.3, -0.25) is 0 Å². The van der Waals surface area contributed by atoms with Gasteiger partial charge in [-0.2, -0.15) is 4.31 Å². The molecule has 2 aliphatic rings. The fourth-order valence-corrected chi connectivity index (χ4v) is 6.76. The molecule has 0 aromatic carbocycles. The minimum Gasteiger partial charge on any atom is -0.391 e. The predicted octanol–water partition coefficient (Wildman–Crippen LogP) is 2.75.